The fourth-order valence-corrected chi connectivity index (χ4v) is 0. The minimum absolute atomic E-state index is 0. The summed E-state index contributed by atoms with van der Waals surface area (Å²) in [7, 11) is 0. The van der Waals surface area contributed by atoms with Gasteiger partial charge in [-0.05, 0) is 0 Å². The summed E-state index contributed by atoms with van der Waals surface area (Å²) in [5, 5.41) is 0. The van der Waals surface area contributed by atoms with Crippen LogP contribution in [0.25, 0.3) is 0 Å². The molecule has 0 spiro atoms. The van der Waals surface area contributed by atoms with Gasteiger partial charge in [0.1, 0.15) is 0 Å². The van der Waals surface area contributed by atoms with Gasteiger partial charge in [0, 0.05) is 37.3 Å². The Labute approximate surface area is 84.8 Å². The molecule has 0 aliphatic heterocycles. The van der Waals surface area contributed by atoms with Crippen LogP contribution in [-0.2, 0) is 23.2 Å². The first kappa shape index (κ1) is 16.0. The van der Waals surface area contributed by atoms with E-state index >= 15 is 0 Å². The molecule has 0 aliphatic carbocycles. The normalized spacial score (nSPS) is 1.00. The van der Waals surface area contributed by atoms with E-state index in [4.69, 9.17) is 3.40 Å². The molecule has 4 heteroatoms. The van der Waals surface area contributed by atoms with Crippen molar-refractivity contribution in [1.82, 2.24) is 0 Å². The van der Waals surface area contributed by atoms with E-state index in [1.165, 1.54) is 0 Å². The van der Waals surface area contributed by atoms with E-state index in [0.29, 0.717) is 19.8 Å². The second-order valence-corrected chi connectivity index (χ2v) is 0. The molecule has 32 valence electrons. The third-order valence-corrected chi connectivity index (χ3v) is 0. The van der Waals surface area contributed by atoms with Crippen molar-refractivity contribution >= 4 is 26.2 Å². The Morgan fingerprint density at radius 1 is 1.25 bits per heavy atom. The van der Waals surface area contributed by atoms with E-state index in [0.717, 1.165) is 0 Å². The van der Waals surface area contributed by atoms with Crippen LogP contribution in [0.4, 0.5) is 0 Å². The molecule has 0 atom stereocenters. The van der Waals surface area contributed by atoms with Crippen LogP contribution in [0, 0.1) is 37.3 Å². The number of rotatable bonds is 0. The Morgan fingerprint density at radius 2 is 1.25 bits per heavy atom. The predicted octanol–water partition coefficient (Wildman–Crippen LogP) is -1.31. The van der Waals surface area contributed by atoms with Crippen molar-refractivity contribution in [2.24, 2.45) is 0 Å². The first-order chi connectivity index (χ1) is 1.00. The van der Waals surface area contributed by atoms with Crippen molar-refractivity contribution < 1.29 is 60.5 Å². The summed E-state index contributed by atoms with van der Waals surface area (Å²) in [5.41, 5.74) is 0. The van der Waals surface area contributed by atoms with Crippen LogP contribution in [0.5, 0.6) is 0 Å². The van der Waals surface area contributed by atoms with Crippen LogP contribution in [0.1, 0.15) is 0 Å². The van der Waals surface area contributed by atoms with Crippen LogP contribution in [0.3, 0.4) is 0 Å². The van der Waals surface area contributed by atoms with Crippen LogP contribution < -0.4 is 0 Å². The standard InChI is InChI=1S/Bi.Er.Mo.O.3H. The predicted molar refractivity (Wildman–Crippen MR) is 10.6 cm³/mol. The van der Waals surface area contributed by atoms with Crippen molar-refractivity contribution in [2.75, 3.05) is 0 Å². The van der Waals surface area contributed by atoms with Crippen molar-refractivity contribution in [3.8, 4) is 0 Å². The van der Waals surface area contributed by atoms with Crippen LogP contribution in [0.15, 0.2) is 0 Å². The molecule has 0 rings (SSSR count). The molecule has 0 bridgehead atoms. The molecule has 0 saturated carbocycles. The SMILES string of the molecule is [BiH3].[Er].[O]=[Mo]. The summed E-state index contributed by atoms with van der Waals surface area (Å²) >= 11 is 0.700. The molecule has 0 unspecified atom stereocenters. The Bertz CT molecular complexity index is 8.00. The van der Waals surface area contributed by atoms with E-state index in [1.54, 1.807) is 0 Å². The van der Waals surface area contributed by atoms with Gasteiger partial charge in [-0.1, -0.05) is 0 Å². The van der Waals surface area contributed by atoms with Gasteiger partial charge in [-0.3, -0.25) is 0 Å². The molecule has 0 aromatic heterocycles. The summed E-state index contributed by atoms with van der Waals surface area (Å²) in [6, 6.07) is 0. The van der Waals surface area contributed by atoms with Gasteiger partial charge in [-0.2, -0.15) is 0 Å². The minimum atomic E-state index is 0. The summed E-state index contributed by atoms with van der Waals surface area (Å²) < 4.78 is 8.26. The maximum atomic E-state index is 8.26. The number of hydrogen-bond donors (Lipinski definition) is 0. The van der Waals surface area contributed by atoms with Gasteiger partial charge in [0.05, 0.1) is 0 Å². The van der Waals surface area contributed by atoms with Crippen LogP contribution >= 0.6 is 0 Å². The monoisotopic (exact) mass is 492 g/mol. The van der Waals surface area contributed by atoms with Gasteiger partial charge >= 0.3 is 49.4 Å². The summed E-state index contributed by atoms with van der Waals surface area (Å²) in [6.07, 6.45) is 0. The average Bonchev–Trinajstić information content (AvgIpc) is 1.00. The first-order valence-corrected chi connectivity index (χ1v) is 0.986. The quantitative estimate of drug-likeness (QED) is 0.386. The molecule has 0 amide bonds. The van der Waals surface area contributed by atoms with Gasteiger partial charge < -0.3 is 0 Å². The van der Waals surface area contributed by atoms with Crippen molar-refractivity contribution in [3.05, 3.63) is 0 Å². The van der Waals surface area contributed by atoms with Crippen molar-refractivity contribution in [2.45, 2.75) is 0 Å². The Balaban J connectivity index is -0.00000000500. The molecule has 4 heavy (non-hydrogen) atoms. The topological polar surface area (TPSA) is 17.1 Å². The van der Waals surface area contributed by atoms with Crippen LogP contribution in [-0.4, -0.2) is 26.2 Å². The third kappa shape index (κ3) is 8.82. The molecule has 0 radical (unpaired) electrons. The second-order valence-electron chi connectivity index (χ2n) is 0. The van der Waals surface area contributed by atoms with E-state index in [2.05, 4.69) is 0 Å². The van der Waals surface area contributed by atoms with E-state index < -0.39 is 0 Å². The van der Waals surface area contributed by atoms with Gasteiger partial charge in [-0.25, -0.2) is 0 Å². The van der Waals surface area contributed by atoms with Gasteiger partial charge in [0.15, 0.2) is 0 Å². The van der Waals surface area contributed by atoms with E-state index in [-0.39, 0.29) is 63.5 Å². The fourth-order valence-electron chi connectivity index (χ4n) is 0. The maximum absolute atomic E-state index is 8.26. The molecule has 0 aromatic rings. The Kier molecular flexibility index (Phi) is 69.7. The zero-order valence-electron chi connectivity index (χ0n) is 1.81. The molecule has 0 aromatic carbocycles. The zero-order valence-corrected chi connectivity index (χ0v) is 11.2. The van der Waals surface area contributed by atoms with E-state index in [1.807, 2.05) is 0 Å². The van der Waals surface area contributed by atoms with Crippen molar-refractivity contribution in [1.29, 1.82) is 0 Å². The van der Waals surface area contributed by atoms with Crippen molar-refractivity contribution in [3.63, 3.8) is 0 Å². The first-order valence-electron chi connectivity index (χ1n) is 0.167. The molecular formula is H3BiErMoO. The third-order valence-electron chi connectivity index (χ3n) is 0. The molecule has 0 N–H and O–H groups in total. The van der Waals surface area contributed by atoms with Gasteiger partial charge in [0.25, 0.3) is 0 Å². The molecular weight excluding hydrogens is 488 g/mol. The summed E-state index contributed by atoms with van der Waals surface area (Å²) in [6.45, 7) is 0. The van der Waals surface area contributed by atoms with Gasteiger partial charge in [-0.15, -0.1) is 0 Å². The molecule has 0 saturated heterocycles. The summed E-state index contributed by atoms with van der Waals surface area (Å²) in [5.74, 6) is 0. The Hall–Kier alpha value is 2.62. The summed E-state index contributed by atoms with van der Waals surface area (Å²) in [4.78, 5) is 0. The van der Waals surface area contributed by atoms with Gasteiger partial charge in [0.2, 0.25) is 0 Å². The van der Waals surface area contributed by atoms with E-state index in [9.17, 15) is 0 Å². The molecule has 0 aliphatic rings. The number of hydrogen-bond acceptors (Lipinski definition) is 1. The molecule has 0 heterocycles. The molecule has 1 nitrogen and oxygen atoms in total. The fraction of sp³-hybridized carbons (Fsp3) is 0. The molecule has 0 fully saturated rings. The zero-order chi connectivity index (χ0) is 2.00. The second kappa shape index (κ2) is 17.5. The average molecular weight is 491 g/mol. The Morgan fingerprint density at radius 3 is 1.25 bits per heavy atom. The van der Waals surface area contributed by atoms with Crippen LogP contribution in [0.2, 0.25) is 0 Å².